The number of piperidine rings is 1. The number of imide groups is 1. The van der Waals surface area contributed by atoms with E-state index < -0.39 is 11.9 Å². The van der Waals surface area contributed by atoms with Gasteiger partial charge < -0.3 is 24.8 Å². The van der Waals surface area contributed by atoms with Gasteiger partial charge in [0.15, 0.2) is 0 Å². The number of nitrogens with two attached hydrogens (primary N) is 1. The summed E-state index contributed by atoms with van der Waals surface area (Å²) in [6, 6.07) is 5.13. The predicted octanol–water partition coefficient (Wildman–Crippen LogP) is 2.05. The summed E-state index contributed by atoms with van der Waals surface area (Å²) in [4.78, 5) is 50.4. The summed E-state index contributed by atoms with van der Waals surface area (Å²) in [6.45, 7) is 5.11. The molecule has 2 fully saturated rings. The Balaban J connectivity index is 0.834. The maximum atomic E-state index is 13.0. The van der Waals surface area contributed by atoms with E-state index in [0.29, 0.717) is 75.3 Å². The monoisotopic (exact) mass is 638 g/mol. The number of imidazole rings is 1. The second kappa shape index (κ2) is 14.7. The number of ether oxygens (including phenoxy) is 3. The molecule has 3 aliphatic rings. The van der Waals surface area contributed by atoms with E-state index in [1.165, 1.54) is 0 Å². The lowest BCUT2D eigenvalue weighted by molar-refractivity contribution is -0.136. The third-order valence-electron chi connectivity index (χ3n) is 8.39. The van der Waals surface area contributed by atoms with Gasteiger partial charge in [0.1, 0.15) is 23.2 Å². The van der Waals surface area contributed by atoms with E-state index >= 15 is 0 Å². The number of likely N-dealkylation sites (tertiary alicyclic amines) is 1. The average Bonchev–Trinajstić information content (AvgIpc) is 3.74. The first-order valence-corrected chi connectivity index (χ1v) is 16.4. The number of aromatic nitrogens is 3. The van der Waals surface area contributed by atoms with Crippen molar-refractivity contribution in [3.8, 4) is 0 Å². The molecular weight excluding hydrogens is 598 g/mol. The van der Waals surface area contributed by atoms with Crippen LogP contribution in [0.1, 0.15) is 54.8 Å². The van der Waals surface area contributed by atoms with Gasteiger partial charge in [0.2, 0.25) is 11.8 Å². The van der Waals surface area contributed by atoms with Crippen LogP contribution in [0.4, 0.5) is 5.82 Å². The van der Waals surface area contributed by atoms with Crippen LogP contribution in [0.2, 0.25) is 0 Å². The molecule has 3 aromatic rings. The molecule has 13 nitrogen and oxygen atoms in total. The van der Waals surface area contributed by atoms with E-state index in [4.69, 9.17) is 21.3 Å². The molecule has 1 unspecified atom stereocenters. The maximum absolute atomic E-state index is 13.0. The van der Waals surface area contributed by atoms with Crippen LogP contribution in [0, 0.1) is 0 Å². The van der Waals surface area contributed by atoms with Crippen molar-refractivity contribution >= 4 is 40.8 Å². The smallest absolute Gasteiger partial charge is 0.255 e. The molecule has 5 heterocycles. The number of hydrogen-bond donors (Lipinski definition) is 2. The number of anilines is 1. The molecule has 0 aliphatic carbocycles. The summed E-state index contributed by atoms with van der Waals surface area (Å²) in [5.41, 5.74) is 8.07. The molecule has 3 amide bonds. The zero-order chi connectivity index (χ0) is 32.0. The van der Waals surface area contributed by atoms with Gasteiger partial charge in [0.25, 0.3) is 5.91 Å². The van der Waals surface area contributed by atoms with Gasteiger partial charge in [0.05, 0.1) is 53.2 Å². The van der Waals surface area contributed by atoms with Gasteiger partial charge in [0, 0.05) is 48.1 Å². The maximum Gasteiger partial charge on any atom is 0.255 e. The Labute approximate surface area is 267 Å². The van der Waals surface area contributed by atoms with Crippen LogP contribution >= 0.6 is 11.8 Å². The molecular formula is C31H39N7O6S. The Morgan fingerprint density at radius 3 is 2.64 bits per heavy atom. The van der Waals surface area contributed by atoms with Crippen LogP contribution in [0.15, 0.2) is 41.7 Å². The molecule has 0 radical (unpaired) electrons. The van der Waals surface area contributed by atoms with E-state index in [-0.39, 0.29) is 30.4 Å². The first-order valence-electron chi connectivity index (χ1n) is 15.9. The highest BCUT2D eigenvalue weighted by molar-refractivity contribution is 7.99. The Hall–Kier alpha value is -3.56. The molecule has 6 rings (SSSR count). The lowest BCUT2D eigenvalue weighted by Crippen LogP contribution is -2.52. The summed E-state index contributed by atoms with van der Waals surface area (Å²) in [7, 11) is 0. The number of fused-ring (bicyclic) bond motifs is 2. The van der Waals surface area contributed by atoms with Crippen LogP contribution < -0.4 is 11.1 Å². The van der Waals surface area contributed by atoms with Gasteiger partial charge in [-0.3, -0.25) is 29.0 Å². The third-order valence-corrected chi connectivity index (χ3v) is 9.45. The highest BCUT2D eigenvalue weighted by Crippen LogP contribution is 2.34. The zero-order valence-corrected chi connectivity index (χ0v) is 25.9. The minimum atomic E-state index is -0.618. The van der Waals surface area contributed by atoms with Crippen molar-refractivity contribution in [2.45, 2.75) is 49.2 Å². The van der Waals surface area contributed by atoms with Gasteiger partial charge in [-0.05, 0) is 43.5 Å². The van der Waals surface area contributed by atoms with E-state index in [1.807, 2.05) is 22.7 Å². The molecule has 14 heteroatoms. The molecule has 0 bridgehead atoms. The Bertz CT molecular complexity index is 1590. The van der Waals surface area contributed by atoms with E-state index in [9.17, 15) is 14.4 Å². The van der Waals surface area contributed by atoms with E-state index in [2.05, 4.69) is 20.2 Å². The fourth-order valence-electron chi connectivity index (χ4n) is 6.15. The Morgan fingerprint density at radius 2 is 1.82 bits per heavy atom. The number of amides is 3. The number of nitrogen functional groups attached to an aromatic ring is 1. The SMILES string of the molecule is [2H]c1nc([C@@H]2CCCN2CCOCCOCCOCCSc2cccc3c2CN(C2CCC(=O)NC2=O)C3=O)n2ccnc(N)c12. The molecule has 0 spiro atoms. The van der Waals surface area contributed by atoms with Crippen LogP contribution in [0.5, 0.6) is 0 Å². The quantitative estimate of drug-likeness (QED) is 0.143. The van der Waals surface area contributed by atoms with Crippen LogP contribution in [-0.4, -0.2) is 106 Å². The van der Waals surface area contributed by atoms with Crippen molar-refractivity contribution in [2.75, 3.05) is 64.2 Å². The molecule has 3 aliphatic heterocycles. The first-order chi connectivity index (χ1) is 22.4. The lowest BCUT2D eigenvalue weighted by Gasteiger charge is -2.29. The predicted molar refractivity (Wildman–Crippen MR) is 167 cm³/mol. The minimum absolute atomic E-state index is 0.112. The van der Waals surface area contributed by atoms with Gasteiger partial charge in [-0.25, -0.2) is 9.97 Å². The molecule has 240 valence electrons. The zero-order valence-electron chi connectivity index (χ0n) is 26.1. The van der Waals surface area contributed by atoms with Gasteiger partial charge >= 0.3 is 0 Å². The largest absolute Gasteiger partial charge is 0.382 e. The number of nitrogens with one attached hydrogen (secondary N) is 1. The number of carbonyl (C=O) groups is 3. The van der Waals surface area contributed by atoms with Crippen molar-refractivity contribution in [1.82, 2.24) is 29.5 Å². The van der Waals surface area contributed by atoms with Crippen molar-refractivity contribution in [3.63, 3.8) is 0 Å². The average molecular weight is 639 g/mol. The molecule has 3 N–H and O–H groups in total. The molecule has 2 saturated heterocycles. The summed E-state index contributed by atoms with van der Waals surface area (Å²) >= 11 is 1.62. The van der Waals surface area contributed by atoms with E-state index in [1.54, 1.807) is 28.9 Å². The summed E-state index contributed by atoms with van der Waals surface area (Å²) in [5.74, 6) is 0.995. The Morgan fingerprint density at radius 1 is 1.02 bits per heavy atom. The standard InChI is InChI=1S/C31H39N7O6S/c32-28-25-19-34-29(37(25)10-8-33-28)23-4-2-9-36(23)11-12-42-13-14-43-15-16-44-17-18-45-26-5-1-3-21-22(26)20-38(31(21)41)24-6-7-27(39)35-30(24)40/h1,3,5,8,10,19,23-24H,2,4,6-7,9,11-18,20H2,(H2,32,33)(H,35,39,40)/t23-,24?/m0/s1/i19D. The van der Waals surface area contributed by atoms with Crippen LogP contribution in [0.25, 0.3) is 5.52 Å². The number of carbonyl (C=O) groups excluding carboxylic acids is 3. The van der Waals surface area contributed by atoms with Crippen molar-refractivity contribution < 1.29 is 30.0 Å². The number of benzene rings is 1. The van der Waals surface area contributed by atoms with Gasteiger partial charge in [-0.2, -0.15) is 0 Å². The number of hydrogen-bond acceptors (Lipinski definition) is 11. The van der Waals surface area contributed by atoms with Crippen LogP contribution in [-0.2, 0) is 30.3 Å². The molecule has 0 saturated carbocycles. The summed E-state index contributed by atoms with van der Waals surface area (Å²) in [5, 5.41) is 2.34. The van der Waals surface area contributed by atoms with Crippen molar-refractivity contribution in [1.29, 1.82) is 0 Å². The number of rotatable bonds is 15. The van der Waals surface area contributed by atoms with Gasteiger partial charge in [-0.15, -0.1) is 11.8 Å². The highest BCUT2D eigenvalue weighted by atomic mass is 32.2. The number of nitrogens with zero attached hydrogens (tertiary/aromatic N) is 5. The second-order valence-electron chi connectivity index (χ2n) is 11.2. The Kier molecular flexibility index (Phi) is 9.83. The molecule has 2 aromatic heterocycles. The summed E-state index contributed by atoms with van der Waals surface area (Å²) < 4.78 is 27.3. The second-order valence-corrected chi connectivity index (χ2v) is 12.3. The number of thioether (sulfide) groups is 1. The normalized spacial score (nSPS) is 20.7. The first kappa shape index (κ1) is 30.1. The molecule has 1 aromatic carbocycles. The topological polar surface area (TPSA) is 154 Å². The fourth-order valence-corrected chi connectivity index (χ4v) is 7.10. The fraction of sp³-hybridized carbons (Fsp3) is 0.516. The summed E-state index contributed by atoms with van der Waals surface area (Å²) in [6.07, 6.45) is 6.23. The van der Waals surface area contributed by atoms with Gasteiger partial charge in [-0.1, -0.05) is 6.07 Å². The third kappa shape index (κ3) is 7.15. The highest BCUT2D eigenvalue weighted by Gasteiger charge is 2.39. The molecule has 45 heavy (non-hydrogen) atoms. The minimum Gasteiger partial charge on any atom is -0.382 e. The van der Waals surface area contributed by atoms with Crippen LogP contribution in [0.3, 0.4) is 0 Å². The van der Waals surface area contributed by atoms with Crippen molar-refractivity contribution in [3.05, 3.63) is 53.7 Å². The molecule has 2 atom stereocenters. The lowest BCUT2D eigenvalue weighted by atomic mass is 10.0. The van der Waals surface area contributed by atoms with E-state index in [0.717, 1.165) is 42.2 Å². The van der Waals surface area contributed by atoms with Crippen molar-refractivity contribution in [2.24, 2.45) is 0 Å².